The summed E-state index contributed by atoms with van der Waals surface area (Å²) in [5.74, 6) is 0.822. The lowest BCUT2D eigenvalue weighted by Crippen LogP contribution is -2.64. The lowest BCUT2D eigenvalue weighted by molar-refractivity contribution is -0.164. The number of hydrogen-bond acceptors (Lipinski definition) is 11. The fraction of sp³-hybridized carbons (Fsp3) is 0.846. The number of β-amino-alcohol motifs (C(OH)–C–C–N with tert-alkyl or cyclic N) is 1. The molecule has 1 aromatic rings. The lowest BCUT2D eigenvalue weighted by Gasteiger charge is -2.49. The van der Waals surface area contributed by atoms with E-state index in [9.17, 15) is 14.7 Å². The van der Waals surface area contributed by atoms with Gasteiger partial charge in [0.05, 0.1) is 30.5 Å². The van der Waals surface area contributed by atoms with Gasteiger partial charge in [0.25, 0.3) is 5.88 Å². The average molecular weight is 543 g/mol. The normalized spacial score (nSPS) is 19.7. The van der Waals surface area contributed by atoms with E-state index in [-0.39, 0.29) is 24.7 Å². The first kappa shape index (κ1) is 31.6. The highest BCUT2D eigenvalue weighted by Gasteiger charge is 2.47. The maximum Gasteiger partial charge on any atom is 0.270 e. The van der Waals surface area contributed by atoms with Crippen molar-refractivity contribution in [2.75, 3.05) is 44.4 Å². The van der Waals surface area contributed by atoms with Crippen molar-refractivity contribution in [2.24, 2.45) is 0 Å². The number of aliphatic hydroxyl groups is 1. The number of aromatic nitrogens is 2. The molecule has 212 valence electrons. The van der Waals surface area contributed by atoms with Crippen molar-refractivity contribution in [1.29, 1.82) is 0 Å². The third-order valence-electron chi connectivity index (χ3n) is 7.41. The van der Waals surface area contributed by atoms with Gasteiger partial charge in [0.15, 0.2) is 11.6 Å². The van der Waals surface area contributed by atoms with Gasteiger partial charge in [-0.15, -0.1) is 4.37 Å². The lowest BCUT2D eigenvalue weighted by atomic mass is 9.83. The largest absolute Gasteiger partial charge is 0.472 e. The number of nitrogens with zero attached hydrogens (tertiary/aromatic N) is 4. The van der Waals surface area contributed by atoms with Crippen LogP contribution in [0.25, 0.3) is 0 Å². The molecule has 0 aromatic carbocycles. The molecule has 2 unspecified atom stereocenters. The number of ketones is 2. The van der Waals surface area contributed by atoms with Crippen LogP contribution in [-0.4, -0.2) is 98.7 Å². The summed E-state index contributed by atoms with van der Waals surface area (Å²) in [7, 11) is 0. The molecule has 1 N–H and O–H groups in total. The van der Waals surface area contributed by atoms with Crippen molar-refractivity contribution in [2.45, 2.75) is 104 Å². The molecule has 0 aliphatic carbocycles. The number of Topliss-reactive ketones (excluding diaryl/α,β-unsaturated/α-hetero) is 2. The minimum atomic E-state index is -1.02. The van der Waals surface area contributed by atoms with Crippen molar-refractivity contribution in [3.05, 3.63) is 0 Å². The molecule has 1 aliphatic heterocycles. The molecule has 1 fully saturated rings. The van der Waals surface area contributed by atoms with Crippen molar-refractivity contribution in [3.8, 4) is 5.88 Å². The summed E-state index contributed by atoms with van der Waals surface area (Å²) >= 11 is 1.07. The Kier molecular flexibility index (Phi) is 11.0. The van der Waals surface area contributed by atoms with Crippen LogP contribution < -0.4 is 9.64 Å². The van der Waals surface area contributed by atoms with E-state index < -0.39 is 28.9 Å². The number of rotatable bonds is 14. The molecule has 10 nitrogen and oxygen atoms in total. The van der Waals surface area contributed by atoms with E-state index >= 15 is 0 Å². The van der Waals surface area contributed by atoms with Crippen LogP contribution in [0.5, 0.6) is 5.88 Å². The van der Waals surface area contributed by atoms with Gasteiger partial charge in [-0.3, -0.25) is 14.5 Å². The molecular formula is C26H46N4O6S. The number of morpholine rings is 1. The molecule has 0 amide bonds. The minimum absolute atomic E-state index is 0.00755. The smallest absolute Gasteiger partial charge is 0.270 e. The number of carbonyl (C=O) groups is 2. The number of aliphatic hydroxyl groups excluding tert-OH is 1. The predicted octanol–water partition coefficient (Wildman–Crippen LogP) is 3.12. The van der Waals surface area contributed by atoms with Crippen LogP contribution in [0.15, 0.2) is 0 Å². The molecule has 1 aromatic heterocycles. The Morgan fingerprint density at radius 1 is 1.14 bits per heavy atom. The van der Waals surface area contributed by atoms with E-state index in [1.54, 1.807) is 13.8 Å². The molecule has 0 bridgehead atoms. The summed E-state index contributed by atoms with van der Waals surface area (Å²) in [6.07, 6.45) is -0.703. The monoisotopic (exact) mass is 542 g/mol. The third-order valence-corrected chi connectivity index (χ3v) is 7.91. The Balaban J connectivity index is 2.16. The van der Waals surface area contributed by atoms with E-state index in [1.807, 2.05) is 46.4 Å². The van der Waals surface area contributed by atoms with Gasteiger partial charge < -0.3 is 24.2 Å². The molecule has 2 heterocycles. The van der Waals surface area contributed by atoms with Crippen molar-refractivity contribution >= 4 is 29.1 Å². The van der Waals surface area contributed by atoms with Crippen LogP contribution in [0, 0.1) is 0 Å². The van der Waals surface area contributed by atoms with Crippen molar-refractivity contribution in [1.82, 2.24) is 13.6 Å². The van der Waals surface area contributed by atoms with Gasteiger partial charge in [0.2, 0.25) is 5.82 Å². The molecule has 11 heteroatoms. The average Bonchev–Trinajstić information content (AvgIpc) is 3.33. The topological polar surface area (TPSA) is 114 Å². The van der Waals surface area contributed by atoms with Crippen LogP contribution in [0.4, 0.5) is 5.82 Å². The van der Waals surface area contributed by atoms with Gasteiger partial charge in [-0.05, 0) is 61.3 Å². The molecule has 4 atom stereocenters. The Morgan fingerprint density at radius 3 is 2.27 bits per heavy atom. The predicted molar refractivity (Wildman–Crippen MR) is 145 cm³/mol. The first-order valence-electron chi connectivity index (χ1n) is 13.2. The van der Waals surface area contributed by atoms with Crippen LogP contribution in [0.1, 0.15) is 75.2 Å². The van der Waals surface area contributed by atoms with E-state index in [4.69, 9.17) is 14.2 Å². The Bertz CT molecular complexity index is 900. The maximum atomic E-state index is 13.8. The van der Waals surface area contributed by atoms with E-state index in [1.165, 1.54) is 6.92 Å². The first-order valence-corrected chi connectivity index (χ1v) is 13.9. The van der Waals surface area contributed by atoms with Gasteiger partial charge in [0, 0.05) is 25.2 Å². The van der Waals surface area contributed by atoms with Gasteiger partial charge in [0.1, 0.15) is 24.4 Å². The molecule has 1 saturated heterocycles. The zero-order valence-corrected chi connectivity index (χ0v) is 24.8. The van der Waals surface area contributed by atoms with Crippen molar-refractivity contribution in [3.63, 3.8) is 0 Å². The highest BCUT2D eigenvalue weighted by atomic mass is 32.1. The number of carbonyl (C=O) groups excluding carboxylic acids is 2. The molecule has 0 saturated carbocycles. The summed E-state index contributed by atoms with van der Waals surface area (Å²) in [6, 6.07) is 0. The van der Waals surface area contributed by atoms with E-state index in [0.29, 0.717) is 50.8 Å². The molecule has 2 rings (SSSR count). The Morgan fingerprint density at radius 2 is 1.76 bits per heavy atom. The fourth-order valence-corrected chi connectivity index (χ4v) is 5.20. The van der Waals surface area contributed by atoms with Crippen LogP contribution in [0.2, 0.25) is 0 Å². The van der Waals surface area contributed by atoms with Gasteiger partial charge >= 0.3 is 0 Å². The van der Waals surface area contributed by atoms with Crippen LogP contribution >= 0.6 is 11.7 Å². The molecule has 37 heavy (non-hydrogen) atoms. The standard InChI is InChI=1S/C26H46N4O6S/c1-10-25(8,21(33)18(3)36-26(9,11-2)19(4)31)30(24(5,6)7)16-20(32)17-35-23-22(27-37-28-23)29-12-14-34-15-13-29/h18,20,32H,10-17H2,1-9H3/t18-,20-,25?,26?/m0/s1. The van der Waals surface area contributed by atoms with E-state index in [0.717, 1.165) is 11.7 Å². The summed E-state index contributed by atoms with van der Waals surface area (Å²) in [5.41, 5.74) is -2.41. The van der Waals surface area contributed by atoms with Crippen LogP contribution in [-0.2, 0) is 19.1 Å². The second-order valence-electron chi connectivity index (χ2n) is 11.1. The molecular weight excluding hydrogens is 496 g/mol. The Labute approximate surface area is 226 Å². The number of hydrogen-bond donors (Lipinski definition) is 1. The second kappa shape index (κ2) is 12.9. The van der Waals surface area contributed by atoms with Gasteiger partial charge in [-0.2, -0.15) is 4.37 Å². The van der Waals surface area contributed by atoms with Gasteiger partial charge in [-0.1, -0.05) is 13.8 Å². The SMILES string of the molecule is CCC(C)(O[C@@H](C)C(=O)C(C)(CC)N(C[C@H](O)COc1nsnc1N1CCOCC1)C(C)(C)C)C(C)=O. The summed E-state index contributed by atoms with van der Waals surface area (Å²) < 4.78 is 26.0. The highest BCUT2D eigenvalue weighted by molar-refractivity contribution is 6.99. The fourth-order valence-electron chi connectivity index (χ4n) is 4.68. The zero-order chi connectivity index (χ0) is 28.0. The van der Waals surface area contributed by atoms with Gasteiger partial charge in [-0.25, -0.2) is 0 Å². The Hall–Kier alpha value is -1.66. The summed E-state index contributed by atoms with van der Waals surface area (Å²) in [6.45, 7) is 19.5. The minimum Gasteiger partial charge on any atom is -0.472 e. The second-order valence-corrected chi connectivity index (χ2v) is 11.7. The molecule has 0 radical (unpaired) electrons. The number of anilines is 1. The third kappa shape index (κ3) is 7.69. The summed E-state index contributed by atoms with van der Waals surface area (Å²) in [4.78, 5) is 30.1. The first-order chi connectivity index (χ1) is 17.2. The maximum absolute atomic E-state index is 13.8. The quantitative estimate of drug-likeness (QED) is 0.376. The zero-order valence-electron chi connectivity index (χ0n) is 24.0. The molecule has 1 aliphatic rings. The molecule has 0 spiro atoms. The van der Waals surface area contributed by atoms with E-state index in [2.05, 4.69) is 13.6 Å². The van der Waals surface area contributed by atoms with Crippen molar-refractivity contribution < 1.29 is 28.9 Å². The number of ether oxygens (including phenoxy) is 3. The van der Waals surface area contributed by atoms with Crippen LogP contribution in [0.3, 0.4) is 0 Å². The summed E-state index contributed by atoms with van der Waals surface area (Å²) in [5, 5.41) is 11.0. The highest BCUT2D eigenvalue weighted by Crippen LogP contribution is 2.33.